The summed E-state index contributed by atoms with van der Waals surface area (Å²) in [4.78, 5) is 0. The first kappa shape index (κ1) is 15.4. The minimum Gasteiger partial charge on any atom is -0.306 e. The van der Waals surface area contributed by atoms with E-state index in [1.807, 2.05) is 45.0 Å². The summed E-state index contributed by atoms with van der Waals surface area (Å²) in [6, 6.07) is 11.8. The third-order valence-electron chi connectivity index (χ3n) is 3.36. The molecule has 2 aromatic carbocycles. The van der Waals surface area contributed by atoms with E-state index >= 15 is 0 Å². The number of hydrogen-bond acceptors (Lipinski definition) is 1. The molecule has 20 heavy (non-hydrogen) atoms. The van der Waals surface area contributed by atoms with Gasteiger partial charge in [-0.25, -0.2) is 4.39 Å². The van der Waals surface area contributed by atoms with E-state index in [0.29, 0.717) is 0 Å². The van der Waals surface area contributed by atoms with E-state index in [9.17, 15) is 4.39 Å². The van der Waals surface area contributed by atoms with Gasteiger partial charge in [0.15, 0.2) is 0 Å². The van der Waals surface area contributed by atoms with Crippen LogP contribution >= 0.6 is 22.6 Å². The van der Waals surface area contributed by atoms with Gasteiger partial charge in [-0.05, 0) is 77.9 Å². The van der Waals surface area contributed by atoms with Crippen LogP contribution in [0.5, 0.6) is 0 Å². The van der Waals surface area contributed by atoms with Crippen LogP contribution in [0, 0.1) is 23.2 Å². The van der Waals surface area contributed by atoms with Crippen LogP contribution in [0.3, 0.4) is 0 Å². The molecular formula is C17H19FIN. The molecule has 0 saturated carbocycles. The van der Waals surface area contributed by atoms with Crippen molar-refractivity contribution in [3.8, 4) is 0 Å². The van der Waals surface area contributed by atoms with Crippen LogP contribution in [0.25, 0.3) is 0 Å². The molecule has 0 fully saturated rings. The molecule has 0 saturated heterocycles. The van der Waals surface area contributed by atoms with Gasteiger partial charge in [-0.2, -0.15) is 0 Å². The van der Waals surface area contributed by atoms with Gasteiger partial charge >= 0.3 is 0 Å². The van der Waals surface area contributed by atoms with Crippen molar-refractivity contribution >= 4 is 22.6 Å². The Balaban J connectivity index is 2.54. The smallest absolute Gasteiger partial charge is 0.128 e. The summed E-state index contributed by atoms with van der Waals surface area (Å²) in [6.45, 7) is 6.74. The summed E-state index contributed by atoms with van der Waals surface area (Å²) in [6.07, 6.45) is 0. The number of halogens is 2. The molecule has 3 heteroatoms. The first-order valence-electron chi connectivity index (χ1n) is 6.78. The average molecular weight is 383 g/mol. The molecule has 0 aliphatic carbocycles. The Labute approximate surface area is 133 Å². The Morgan fingerprint density at radius 3 is 2.55 bits per heavy atom. The lowest BCUT2D eigenvalue weighted by Gasteiger charge is -2.22. The quantitative estimate of drug-likeness (QED) is 0.752. The summed E-state index contributed by atoms with van der Waals surface area (Å²) in [5, 5.41) is 3.40. The van der Waals surface area contributed by atoms with E-state index < -0.39 is 0 Å². The number of benzene rings is 2. The Hall–Kier alpha value is -0.940. The predicted molar refractivity (Wildman–Crippen MR) is 90.6 cm³/mol. The van der Waals surface area contributed by atoms with Gasteiger partial charge in [0.1, 0.15) is 5.82 Å². The summed E-state index contributed by atoms with van der Waals surface area (Å²) in [7, 11) is 0. The summed E-state index contributed by atoms with van der Waals surface area (Å²) in [5.41, 5.74) is 3.80. The lowest BCUT2D eigenvalue weighted by molar-refractivity contribution is 0.555. The number of nitrogens with one attached hydrogen (secondary N) is 1. The van der Waals surface area contributed by atoms with Crippen molar-refractivity contribution in [3.63, 3.8) is 0 Å². The molecule has 1 unspecified atom stereocenters. The lowest BCUT2D eigenvalue weighted by atomic mass is 9.93. The summed E-state index contributed by atoms with van der Waals surface area (Å²) < 4.78 is 15.6. The lowest BCUT2D eigenvalue weighted by Crippen LogP contribution is -2.24. The van der Waals surface area contributed by atoms with Crippen LogP contribution in [-0.2, 0) is 0 Å². The fourth-order valence-electron chi connectivity index (χ4n) is 2.57. The first-order chi connectivity index (χ1) is 9.52. The molecule has 0 amide bonds. The number of rotatable bonds is 4. The van der Waals surface area contributed by atoms with Crippen molar-refractivity contribution in [2.45, 2.75) is 26.8 Å². The first-order valence-corrected chi connectivity index (χ1v) is 7.86. The Bertz CT molecular complexity index is 587. The molecule has 1 atom stereocenters. The van der Waals surface area contributed by atoms with Gasteiger partial charge in [0.2, 0.25) is 0 Å². The fourth-order valence-corrected chi connectivity index (χ4v) is 3.14. The van der Waals surface area contributed by atoms with Crippen molar-refractivity contribution in [3.05, 3.63) is 68.0 Å². The van der Waals surface area contributed by atoms with Crippen molar-refractivity contribution in [2.75, 3.05) is 6.54 Å². The summed E-state index contributed by atoms with van der Waals surface area (Å²) in [5.74, 6) is -0.132. The van der Waals surface area contributed by atoms with Crippen LogP contribution in [0.1, 0.15) is 35.2 Å². The fraction of sp³-hybridized carbons (Fsp3) is 0.294. The van der Waals surface area contributed by atoms with Crippen molar-refractivity contribution < 1.29 is 4.39 Å². The average Bonchev–Trinajstić information content (AvgIpc) is 2.36. The normalized spacial score (nSPS) is 12.4. The molecule has 1 nitrogen and oxygen atoms in total. The molecule has 0 bridgehead atoms. The highest BCUT2D eigenvalue weighted by molar-refractivity contribution is 14.1. The minimum absolute atomic E-state index is 0.102. The highest BCUT2D eigenvalue weighted by Gasteiger charge is 2.19. The zero-order chi connectivity index (χ0) is 14.7. The molecule has 1 N–H and O–H groups in total. The van der Waals surface area contributed by atoms with Crippen molar-refractivity contribution in [1.29, 1.82) is 0 Å². The molecule has 0 aliphatic heterocycles. The van der Waals surface area contributed by atoms with E-state index in [1.165, 1.54) is 0 Å². The van der Waals surface area contributed by atoms with Crippen LogP contribution < -0.4 is 5.32 Å². The Morgan fingerprint density at radius 2 is 1.95 bits per heavy atom. The molecule has 0 aromatic heterocycles. The van der Waals surface area contributed by atoms with E-state index in [2.05, 4.69) is 34.0 Å². The van der Waals surface area contributed by atoms with Crippen molar-refractivity contribution in [2.24, 2.45) is 0 Å². The van der Waals surface area contributed by atoms with E-state index in [4.69, 9.17) is 0 Å². The maximum absolute atomic E-state index is 14.4. The van der Waals surface area contributed by atoms with Gasteiger partial charge in [0.05, 0.1) is 6.04 Å². The van der Waals surface area contributed by atoms with Crippen molar-refractivity contribution in [1.82, 2.24) is 5.32 Å². The van der Waals surface area contributed by atoms with Crippen LogP contribution in [0.4, 0.5) is 4.39 Å². The van der Waals surface area contributed by atoms with Crippen LogP contribution in [0.2, 0.25) is 0 Å². The maximum Gasteiger partial charge on any atom is 0.128 e. The molecule has 0 spiro atoms. The third-order valence-corrected chi connectivity index (χ3v) is 4.03. The summed E-state index contributed by atoms with van der Waals surface area (Å²) >= 11 is 2.29. The molecular weight excluding hydrogens is 364 g/mol. The van der Waals surface area contributed by atoms with Gasteiger partial charge in [0, 0.05) is 9.13 Å². The van der Waals surface area contributed by atoms with Gasteiger partial charge in [0.25, 0.3) is 0 Å². The van der Waals surface area contributed by atoms with E-state index in [-0.39, 0.29) is 11.9 Å². The standard InChI is InChI=1S/C17H19FIN/c1-4-20-17(13-6-5-7-14(19)10-13)16-12(3)8-11(2)9-15(16)18/h5-10,17,20H,4H2,1-3H3. The molecule has 106 valence electrons. The van der Waals surface area contributed by atoms with Gasteiger partial charge < -0.3 is 5.32 Å². The Kier molecular flexibility index (Phi) is 5.16. The topological polar surface area (TPSA) is 12.0 Å². The number of hydrogen-bond donors (Lipinski definition) is 1. The van der Waals surface area contributed by atoms with E-state index in [1.54, 1.807) is 6.07 Å². The Morgan fingerprint density at radius 1 is 1.20 bits per heavy atom. The minimum atomic E-state index is -0.132. The maximum atomic E-state index is 14.4. The monoisotopic (exact) mass is 383 g/mol. The van der Waals surface area contributed by atoms with Crippen LogP contribution in [-0.4, -0.2) is 6.54 Å². The van der Waals surface area contributed by atoms with Crippen LogP contribution in [0.15, 0.2) is 36.4 Å². The molecule has 2 aromatic rings. The SMILES string of the molecule is CCNC(c1cccc(I)c1)c1c(C)cc(C)cc1F. The second kappa shape index (κ2) is 6.68. The zero-order valence-corrected chi connectivity index (χ0v) is 14.2. The second-order valence-electron chi connectivity index (χ2n) is 5.02. The van der Waals surface area contributed by atoms with Gasteiger partial charge in [-0.3, -0.25) is 0 Å². The predicted octanol–water partition coefficient (Wildman–Crippen LogP) is 4.75. The van der Waals surface area contributed by atoms with Gasteiger partial charge in [-0.1, -0.05) is 25.1 Å². The zero-order valence-electron chi connectivity index (χ0n) is 12.0. The highest BCUT2D eigenvalue weighted by atomic mass is 127. The molecule has 0 aliphatic rings. The third kappa shape index (κ3) is 3.38. The van der Waals surface area contributed by atoms with E-state index in [0.717, 1.165) is 32.4 Å². The second-order valence-corrected chi connectivity index (χ2v) is 6.27. The molecule has 0 radical (unpaired) electrons. The molecule has 0 heterocycles. The number of aryl methyl sites for hydroxylation is 2. The molecule has 2 rings (SSSR count). The van der Waals surface area contributed by atoms with Gasteiger partial charge in [-0.15, -0.1) is 0 Å². The highest BCUT2D eigenvalue weighted by Crippen LogP contribution is 2.29. The largest absolute Gasteiger partial charge is 0.306 e.